The molecule has 0 spiro atoms. The van der Waals surface area contributed by atoms with Gasteiger partial charge in [-0.05, 0) is 27.2 Å². The topological polar surface area (TPSA) is 63.7 Å². The maximum atomic E-state index is 12.7. The van der Waals surface area contributed by atoms with Crippen molar-refractivity contribution in [3.63, 3.8) is 0 Å². The highest BCUT2D eigenvalue weighted by atomic mass is 32.3. The first-order valence-corrected chi connectivity index (χ1v) is 6.45. The highest BCUT2D eigenvalue weighted by Crippen LogP contribution is 2.20. The van der Waals surface area contributed by atoms with Crippen LogP contribution in [0.3, 0.4) is 0 Å². The number of carbonyl (C=O) groups is 1. The minimum absolute atomic E-state index is 0.123. The largest absolute Gasteiger partial charge is 0.444 e. The van der Waals surface area contributed by atoms with Gasteiger partial charge in [-0.2, -0.15) is 8.42 Å². The van der Waals surface area contributed by atoms with Crippen molar-refractivity contribution in [3.05, 3.63) is 0 Å². The van der Waals surface area contributed by atoms with Crippen molar-refractivity contribution in [2.75, 3.05) is 13.1 Å². The van der Waals surface area contributed by atoms with Crippen LogP contribution in [-0.2, 0) is 15.0 Å². The Morgan fingerprint density at radius 2 is 2.00 bits per heavy atom. The Bertz CT molecular complexity index is 373. The molecule has 0 aromatic rings. The average Bonchev–Trinajstić information content (AvgIpc) is 2.46. The Balaban J connectivity index is 2.57. The summed E-state index contributed by atoms with van der Waals surface area (Å²) in [5.41, 5.74) is -0.635. The van der Waals surface area contributed by atoms with Gasteiger partial charge < -0.3 is 9.64 Å². The van der Waals surface area contributed by atoms with E-state index >= 15 is 0 Å². The van der Waals surface area contributed by atoms with E-state index in [1.807, 2.05) is 0 Å². The number of nitrogens with zero attached hydrogens (tertiary/aromatic N) is 1. The molecule has 0 unspecified atom stereocenters. The van der Waals surface area contributed by atoms with Crippen LogP contribution in [0.25, 0.3) is 0 Å². The molecule has 0 aromatic heterocycles. The van der Waals surface area contributed by atoms with Gasteiger partial charge in [-0.25, -0.2) is 4.79 Å². The quantitative estimate of drug-likeness (QED) is 0.661. The summed E-state index contributed by atoms with van der Waals surface area (Å²) < 4.78 is 39.0. The second kappa shape index (κ2) is 4.20. The van der Waals surface area contributed by atoms with E-state index in [-0.39, 0.29) is 19.5 Å². The fourth-order valence-electron chi connectivity index (χ4n) is 1.45. The standard InChI is InChI=1S/C9H16FNO4S/c1-9(2,3)15-8(12)11-5-4-7(6-11)16(10,13)14/h7H,4-6H2,1-3H3/t7-/m0/s1. The maximum Gasteiger partial charge on any atom is 0.410 e. The van der Waals surface area contributed by atoms with Crippen molar-refractivity contribution in [1.29, 1.82) is 0 Å². The first-order valence-electron chi connectivity index (χ1n) is 5.01. The molecule has 1 aliphatic heterocycles. The summed E-state index contributed by atoms with van der Waals surface area (Å²) in [7, 11) is -4.56. The summed E-state index contributed by atoms with van der Waals surface area (Å²) in [6.45, 7) is 5.22. The molecule has 1 fully saturated rings. The van der Waals surface area contributed by atoms with E-state index in [4.69, 9.17) is 4.74 Å². The zero-order chi connectivity index (χ0) is 12.6. The highest BCUT2D eigenvalue weighted by Gasteiger charge is 2.36. The van der Waals surface area contributed by atoms with Gasteiger partial charge in [0.15, 0.2) is 0 Å². The Morgan fingerprint density at radius 1 is 1.44 bits per heavy atom. The lowest BCUT2D eigenvalue weighted by Gasteiger charge is -2.24. The zero-order valence-corrected chi connectivity index (χ0v) is 10.4. The number of amides is 1. The molecule has 0 bridgehead atoms. The van der Waals surface area contributed by atoms with Crippen LogP contribution in [0.15, 0.2) is 0 Å². The molecule has 0 aliphatic carbocycles. The van der Waals surface area contributed by atoms with E-state index in [0.717, 1.165) is 0 Å². The van der Waals surface area contributed by atoms with Crippen LogP contribution in [0.2, 0.25) is 0 Å². The van der Waals surface area contributed by atoms with Gasteiger partial charge in [0.25, 0.3) is 0 Å². The van der Waals surface area contributed by atoms with Gasteiger partial charge in [-0.1, -0.05) is 0 Å². The molecule has 7 heteroatoms. The molecule has 1 amide bonds. The third-order valence-electron chi connectivity index (χ3n) is 2.19. The van der Waals surface area contributed by atoms with Crippen LogP contribution in [0.1, 0.15) is 27.2 Å². The summed E-state index contributed by atoms with van der Waals surface area (Å²) in [5, 5.41) is -1.11. The van der Waals surface area contributed by atoms with Crippen LogP contribution in [-0.4, -0.2) is 43.4 Å². The van der Waals surface area contributed by atoms with E-state index in [2.05, 4.69) is 0 Å². The monoisotopic (exact) mass is 253 g/mol. The van der Waals surface area contributed by atoms with Crippen LogP contribution in [0.4, 0.5) is 8.68 Å². The minimum atomic E-state index is -4.56. The first kappa shape index (κ1) is 13.2. The smallest absolute Gasteiger partial charge is 0.410 e. The minimum Gasteiger partial charge on any atom is -0.444 e. The van der Waals surface area contributed by atoms with E-state index in [9.17, 15) is 17.1 Å². The third-order valence-corrected chi connectivity index (χ3v) is 3.38. The lowest BCUT2D eigenvalue weighted by molar-refractivity contribution is 0.0295. The van der Waals surface area contributed by atoms with Gasteiger partial charge in [0.2, 0.25) is 0 Å². The van der Waals surface area contributed by atoms with Gasteiger partial charge in [0, 0.05) is 13.1 Å². The summed E-state index contributed by atoms with van der Waals surface area (Å²) in [5.74, 6) is 0. The van der Waals surface area contributed by atoms with Gasteiger partial charge in [-0.15, -0.1) is 3.89 Å². The lowest BCUT2D eigenvalue weighted by atomic mass is 10.2. The number of rotatable bonds is 1. The number of carbonyl (C=O) groups excluding carboxylic acids is 1. The number of hydrogen-bond acceptors (Lipinski definition) is 4. The number of likely N-dealkylation sites (tertiary alicyclic amines) is 1. The molecule has 0 aromatic carbocycles. The van der Waals surface area contributed by atoms with Crippen molar-refractivity contribution in [1.82, 2.24) is 4.90 Å². The molecule has 5 nitrogen and oxygen atoms in total. The molecule has 1 atom stereocenters. The number of hydrogen-bond donors (Lipinski definition) is 0. The molecular formula is C9H16FNO4S. The summed E-state index contributed by atoms with van der Waals surface area (Å²) in [4.78, 5) is 12.7. The molecule has 1 rings (SSSR count). The predicted molar refractivity (Wildman–Crippen MR) is 56.2 cm³/mol. The van der Waals surface area contributed by atoms with E-state index in [1.165, 1.54) is 4.90 Å². The van der Waals surface area contributed by atoms with Gasteiger partial charge >= 0.3 is 16.3 Å². The third kappa shape index (κ3) is 3.62. The summed E-state index contributed by atoms with van der Waals surface area (Å²) in [6, 6.07) is 0. The van der Waals surface area contributed by atoms with Gasteiger partial charge in [-0.3, -0.25) is 0 Å². The second-order valence-electron chi connectivity index (χ2n) is 4.81. The first-order chi connectivity index (χ1) is 7.09. The van der Waals surface area contributed by atoms with Crippen molar-refractivity contribution in [2.45, 2.75) is 38.0 Å². The SMILES string of the molecule is CC(C)(C)OC(=O)N1CC[C@H](S(=O)(=O)F)C1. The second-order valence-corrected chi connectivity index (χ2v) is 6.43. The highest BCUT2D eigenvalue weighted by molar-refractivity contribution is 7.87. The molecule has 94 valence electrons. The molecule has 0 saturated carbocycles. The van der Waals surface area contributed by atoms with Crippen molar-refractivity contribution < 1.29 is 21.8 Å². The normalized spacial score (nSPS) is 22.2. The number of ether oxygens (including phenoxy) is 1. The van der Waals surface area contributed by atoms with Crippen molar-refractivity contribution in [2.24, 2.45) is 0 Å². The molecular weight excluding hydrogens is 237 g/mol. The van der Waals surface area contributed by atoms with Crippen LogP contribution >= 0.6 is 0 Å². The molecule has 1 aliphatic rings. The Morgan fingerprint density at radius 3 is 2.38 bits per heavy atom. The Kier molecular flexibility index (Phi) is 3.47. The van der Waals surface area contributed by atoms with Gasteiger partial charge in [0.1, 0.15) is 10.9 Å². The zero-order valence-electron chi connectivity index (χ0n) is 9.57. The molecule has 0 N–H and O–H groups in total. The maximum absolute atomic E-state index is 12.7. The van der Waals surface area contributed by atoms with Crippen molar-refractivity contribution >= 4 is 16.3 Å². The summed E-state index contributed by atoms with van der Waals surface area (Å²) in [6.07, 6.45) is -0.475. The fourth-order valence-corrected chi connectivity index (χ4v) is 2.20. The van der Waals surface area contributed by atoms with E-state index in [1.54, 1.807) is 20.8 Å². The molecule has 16 heavy (non-hydrogen) atoms. The van der Waals surface area contributed by atoms with Crippen LogP contribution in [0, 0.1) is 0 Å². The average molecular weight is 253 g/mol. The summed E-state index contributed by atoms with van der Waals surface area (Å²) >= 11 is 0. The lowest BCUT2D eigenvalue weighted by Crippen LogP contribution is -2.36. The molecule has 1 saturated heterocycles. The van der Waals surface area contributed by atoms with Gasteiger partial charge in [0.05, 0.1) is 0 Å². The predicted octanol–water partition coefficient (Wildman–Crippen LogP) is 1.30. The molecule has 0 radical (unpaired) electrons. The fraction of sp³-hybridized carbons (Fsp3) is 0.889. The van der Waals surface area contributed by atoms with E-state index < -0.39 is 27.2 Å². The Labute approximate surface area is 94.8 Å². The van der Waals surface area contributed by atoms with Crippen LogP contribution < -0.4 is 0 Å². The molecule has 1 heterocycles. The Hall–Kier alpha value is -0.850. The van der Waals surface area contributed by atoms with E-state index in [0.29, 0.717) is 0 Å². The van der Waals surface area contributed by atoms with Crippen molar-refractivity contribution in [3.8, 4) is 0 Å². The number of halogens is 1. The van der Waals surface area contributed by atoms with Crippen LogP contribution in [0.5, 0.6) is 0 Å².